The molecule has 224 valence electrons. The molecule has 0 radical (unpaired) electrons. The first kappa shape index (κ1) is 29.4. The Balaban J connectivity index is 1.40. The first-order chi connectivity index (χ1) is 21.2. The maximum Gasteiger partial charge on any atom is 0.287 e. The summed E-state index contributed by atoms with van der Waals surface area (Å²) in [7, 11) is 3.88. The van der Waals surface area contributed by atoms with Gasteiger partial charge in [0.1, 0.15) is 18.1 Å². The van der Waals surface area contributed by atoms with Gasteiger partial charge in [0.25, 0.3) is 11.8 Å². The summed E-state index contributed by atoms with van der Waals surface area (Å²) >= 11 is 7.63. The maximum atomic E-state index is 14.4. The van der Waals surface area contributed by atoms with Crippen LogP contribution in [0.3, 0.4) is 0 Å². The number of nitrogens with one attached hydrogen (secondary N) is 3. The molecule has 5 aromatic rings. The number of carbonyl (C=O) groups excluding carboxylic acids is 3. The Bertz CT molecular complexity index is 1920. The van der Waals surface area contributed by atoms with Crippen molar-refractivity contribution >= 4 is 56.8 Å². The summed E-state index contributed by atoms with van der Waals surface area (Å²) in [6.45, 7) is 0.531. The van der Waals surface area contributed by atoms with Crippen LogP contribution < -0.4 is 16.0 Å². The molecule has 2 aromatic carbocycles. The van der Waals surface area contributed by atoms with Crippen LogP contribution in [0.5, 0.6) is 0 Å². The number of amides is 3. The zero-order valence-electron chi connectivity index (χ0n) is 23.6. The maximum absolute atomic E-state index is 14.4. The third-order valence-electron chi connectivity index (χ3n) is 7.11. The number of aromatic nitrogens is 4. The molecule has 1 aliphatic rings. The molecule has 0 saturated heterocycles. The third-order valence-corrected chi connectivity index (χ3v) is 8.29. The summed E-state index contributed by atoms with van der Waals surface area (Å²) < 4.78 is 20.9. The van der Waals surface area contributed by atoms with Crippen LogP contribution in [0, 0.1) is 5.82 Å². The lowest BCUT2D eigenvalue weighted by Crippen LogP contribution is -2.41. The van der Waals surface area contributed by atoms with E-state index in [0.29, 0.717) is 11.9 Å². The second kappa shape index (κ2) is 12.1. The van der Waals surface area contributed by atoms with Gasteiger partial charge in [0, 0.05) is 41.5 Å². The predicted octanol–water partition coefficient (Wildman–Crippen LogP) is 4.14. The molecule has 14 heteroatoms. The third kappa shape index (κ3) is 5.76. The number of hydrogen-bond donors (Lipinski definition) is 3. The van der Waals surface area contributed by atoms with Crippen LogP contribution in [0.2, 0.25) is 5.02 Å². The molecule has 44 heavy (non-hydrogen) atoms. The Labute approximate surface area is 260 Å². The van der Waals surface area contributed by atoms with Gasteiger partial charge in [-0.25, -0.2) is 9.37 Å². The van der Waals surface area contributed by atoms with Gasteiger partial charge in [-0.05, 0) is 67.1 Å². The highest BCUT2D eigenvalue weighted by molar-refractivity contribution is 7.13. The second-order valence-electron chi connectivity index (χ2n) is 10.5. The molecule has 0 unspecified atom stereocenters. The van der Waals surface area contributed by atoms with E-state index in [-0.39, 0.29) is 46.7 Å². The molecule has 0 fully saturated rings. The van der Waals surface area contributed by atoms with E-state index in [1.54, 1.807) is 24.5 Å². The number of anilines is 1. The van der Waals surface area contributed by atoms with Crippen molar-refractivity contribution in [3.05, 3.63) is 106 Å². The number of carbonyl (C=O) groups is 3. The minimum Gasteiger partial charge on any atom is -0.345 e. The van der Waals surface area contributed by atoms with E-state index in [9.17, 15) is 18.8 Å². The second-order valence-corrected chi connectivity index (χ2v) is 11.7. The van der Waals surface area contributed by atoms with Crippen LogP contribution in [0.25, 0.3) is 10.1 Å². The van der Waals surface area contributed by atoms with E-state index in [1.807, 2.05) is 37.2 Å². The van der Waals surface area contributed by atoms with E-state index < -0.39 is 29.6 Å². The monoisotopic (exact) mass is 632 g/mol. The molecular formula is C30H26ClFN8O3S. The molecular weight excluding hydrogens is 607 g/mol. The summed E-state index contributed by atoms with van der Waals surface area (Å²) in [4.78, 5) is 50.8. The van der Waals surface area contributed by atoms with Gasteiger partial charge in [-0.15, -0.1) is 0 Å². The summed E-state index contributed by atoms with van der Waals surface area (Å²) in [5.41, 5.74) is 2.49. The van der Waals surface area contributed by atoms with Gasteiger partial charge in [0.2, 0.25) is 11.7 Å². The zero-order chi connectivity index (χ0) is 31.0. The largest absolute Gasteiger partial charge is 0.345 e. The van der Waals surface area contributed by atoms with Crippen molar-refractivity contribution in [1.29, 1.82) is 0 Å². The van der Waals surface area contributed by atoms with Crippen LogP contribution in [0.15, 0.2) is 60.9 Å². The van der Waals surface area contributed by atoms with Crippen molar-refractivity contribution in [2.75, 3.05) is 19.4 Å². The molecule has 11 nitrogen and oxygen atoms in total. The van der Waals surface area contributed by atoms with Crippen molar-refractivity contribution < 1.29 is 18.8 Å². The molecule has 1 atom stereocenters. The van der Waals surface area contributed by atoms with E-state index in [0.717, 1.165) is 15.8 Å². The SMILES string of the molecule is CN(C)Cc1ccncc1CNC(=O)c1nc(NC(=O)c2nsc3ccccc23)c2n1CC(=O)N[C@H]2c1cc(F)ccc1Cl. The Morgan fingerprint density at radius 1 is 1.16 bits per heavy atom. The highest BCUT2D eigenvalue weighted by Gasteiger charge is 2.36. The molecule has 0 bridgehead atoms. The fourth-order valence-electron chi connectivity index (χ4n) is 5.14. The summed E-state index contributed by atoms with van der Waals surface area (Å²) in [6.07, 6.45) is 3.37. The lowest BCUT2D eigenvalue weighted by molar-refractivity contribution is -0.123. The summed E-state index contributed by atoms with van der Waals surface area (Å²) in [5.74, 6) is -2.25. The Morgan fingerprint density at radius 3 is 2.80 bits per heavy atom. The van der Waals surface area contributed by atoms with E-state index in [4.69, 9.17) is 11.6 Å². The van der Waals surface area contributed by atoms with E-state index in [2.05, 4.69) is 30.3 Å². The first-order valence-electron chi connectivity index (χ1n) is 13.5. The normalized spacial score (nSPS) is 14.4. The molecule has 6 rings (SSSR count). The zero-order valence-corrected chi connectivity index (χ0v) is 25.2. The molecule has 3 amide bonds. The van der Waals surface area contributed by atoms with Gasteiger partial charge in [0.05, 0.1) is 16.4 Å². The number of imidazole rings is 1. The fraction of sp³-hybridized carbons (Fsp3) is 0.200. The van der Waals surface area contributed by atoms with Crippen molar-refractivity contribution in [2.45, 2.75) is 25.7 Å². The molecule has 3 N–H and O–H groups in total. The quantitative estimate of drug-likeness (QED) is 0.234. The van der Waals surface area contributed by atoms with Gasteiger partial charge in [-0.3, -0.25) is 19.4 Å². The smallest absolute Gasteiger partial charge is 0.287 e. The molecule has 0 aliphatic carbocycles. The number of fused-ring (bicyclic) bond motifs is 2. The lowest BCUT2D eigenvalue weighted by atomic mass is 10.0. The molecule has 3 aromatic heterocycles. The van der Waals surface area contributed by atoms with Crippen LogP contribution in [0.1, 0.15) is 49.5 Å². The Hall–Kier alpha value is -4.72. The highest BCUT2D eigenvalue weighted by Crippen LogP contribution is 2.36. The number of pyridine rings is 1. The minimum atomic E-state index is -1.01. The number of hydrogen-bond acceptors (Lipinski definition) is 8. The van der Waals surface area contributed by atoms with Gasteiger partial charge in [-0.2, -0.15) is 4.37 Å². The van der Waals surface area contributed by atoms with Crippen LogP contribution in [-0.4, -0.2) is 55.6 Å². The van der Waals surface area contributed by atoms with Gasteiger partial charge in [-0.1, -0.05) is 29.8 Å². The van der Waals surface area contributed by atoms with Crippen LogP contribution >= 0.6 is 23.1 Å². The fourth-order valence-corrected chi connectivity index (χ4v) is 6.14. The van der Waals surface area contributed by atoms with Gasteiger partial charge >= 0.3 is 0 Å². The average Bonchev–Trinajstić information content (AvgIpc) is 3.59. The standard InChI is InChI=1S/C30H26ClFN8O3S/c1-39(2)14-16-9-10-33-12-17(16)13-34-30(43)28-36-27(37-29(42)25-19-5-3-4-6-22(19)44-38-25)26-24(35-23(41)15-40(26)28)20-11-18(32)7-8-21(20)31/h3-12,24H,13-15H2,1-2H3,(H,34,43)(H,35,41)(H,37,42)/t24-/m0/s1. The van der Waals surface area contributed by atoms with Gasteiger partial charge in [0.15, 0.2) is 5.82 Å². The van der Waals surface area contributed by atoms with E-state index in [1.165, 1.54) is 34.3 Å². The van der Waals surface area contributed by atoms with Crippen molar-refractivity contribution in [1.82, 2.24) is 34.4 Å². The minimum absolute atomic E-state index is 0.0113. The van der Waals surface area contributed by atoms with Crippen molar-refractivity contribution in [2.24, 2.45) is 0 Å². The number of benzene rings is 2. The highest BCUT2D eigenvalue weighted by atomic mass is 35.5. The predicted molar refractivity (Wildman–Crippen MR) is 164 cm³/mol. The van der Waals surface area contributed by atoms with Crippen molar-refractivity contribution in [3.8, 4) is 0 Å². The molecule has 0 spiro atoms. The average molecular weight is 633 g/mol. The molecule has 4 heterocycles. The van der Waals surface area contributed by atoms with Crippen LogP contribution in [0.4, 0.5) is 10.2 Å². The lowest BCUT2D eigenvalue weighted by Gasteiger charge is -2.28. The number of halogens is 2. The Morgan fingerprint density at radius 2 is 1.98 bits per heavy atom. The topological polar surface area (TPSA) is 134 Å². The number of nitrogens with zero attached hydrogens (tertiary/aromatic N) is 5. The Kier molecular flexibility index (Phi) is 8.08. The summed E-state index contributed by atoms with van der Waals surface area (Å²) in [6, 6.07) is 11.9. The molecule has 0 saturated carbocycles. The van der Waals surface area contributed by atoms with Gasteiger partial charge < -0.3 is 25.4 Å². The van der Waals surface area contributed by atoms with E-state index >= 15 is 0 Å². The van der Waals surface area contributed by atoms with Crippen LogP contribution in [-0.2, 0) is 24.4 Å². The number of rotatable bonds is 8. The van der Waals surface area contributed by atoms with Crippen molar-refractivity contribution in [3.63, 3.8) is 0 Å². The molecule has 1 aliphatic heterocycles. The summed E-state index contributed by atoms with van der Waals surface area (Å²) in [5, 5.41) is 9.30. The first-order valence-corrected chi connectivity index (χ1v) is 14.7.